The summed E-state index contributed by atoms with van der Waals surface area (Å²) in [7, 11) is 0. The summed E-state index contributed by atoms with van der Waals surface area (Å²) in [6, 6.07) is 8.82. The maximum atomic E-state index is 11.9. The van der Waals surface area contributed by atoms with E-state index in [0.29, 0.717) is 11.3 Å². The first kappa shape index (κ1) is 24.9. The van der Waals surface area contributed by atoms with Crippen LogP contribution in [0.25, 0.3) is 10.9 Å². The Morgan fingerprint density at radius 2 is 1.44 bits per heavy atom. The van der Waals surface area contributed by atoms with E-state index in [2.05, 4.69) is 4.98 Å². The molecule has 0 saturated carbocycles. The third kappa shape index (κ3) is 6.19. The molecular weight excluding hydrogens is 450 g/mol. The molecule has 1 saturated heterocycles. The molecule has 1 aromatic carbocycles. The number of aromatic nitrogens is 1. The van der Waals surface area contributed by atoms with E-state index in [1.54, 1.807) is 24.4 Å². The Morgan fingerprint density at radius 3 is 2.09 bits per heavy atom. The van der Waals surface area contributed by atoms with Crippen molar-refractivity contribution in [3.8, 4) is 5.75 Å². The number of rotatable bonds is 7. The molecule has 1 aliphatic heterocycles. The third-order valence-corrected chi connectivity index (χ3v) is 4.79. The maximum Gasteiger partial charge on any atom is 0.303 e. The molecule has 34 heavy (non-hydrogen) atoms. The zero-order valence-electron chi connectivity index (χ0n) is 19.1. The van der Waals surface area contributed by atoms with Crippen LogP contribution in [0.2, 0.25) is 0 Å². The molecule has 2 heterocycles. The van der Waals surface area contributed by atoms with Gasteiger partial charge in [-0.15, -0.1) is 0 Å². The van der Waals surface area contributed by atoms with Gasteiger partial charge in [0.05, 0.1) is 0 Å². The topological polar surface area (TPSA) is 137 Å². The second kappa shape index (κ2) is 10.9. The van der Waals surface area contributed by atoms with Crippen LogP contribution in [-0.2, 0) is 42.9 Å². The molecule has 3 rings (SSSR count). The monoisotopic (exact) mass is 475 g/mol. The van der Waals surface area contributed by atoms with Crippen molar-refractivity contribution >= 4 is 34.8 Å². The van der Waals surface area contributed by atoms with Crippen LogP contribution in [0.5, 0.6) is 5.75 Å². The number of benzene rings is 1. The van der Waals surface area contributed by atoms with Gasteiger partial charge in [0.15, 0.2) is 12.2 Å². The quantitative estimate of drug-likeness (QED) is 0.427. The van der Waals surface area contributed by atoms with Gasteiger partial charge in [0, 0.05) is 39.3 Å². The lowest BCUT2D eigenvalue weighted by molar-refractivity contribution is -0.288. The van der Waals surface area contributed by atoms with Crippen LogP contribution in [0.3, 0.4) is 0 Å². The molecule has 0 spiro atoms. The molecule has 2 aromatic rings. The summed E-state index contributed by atoms with van der Waals surface area (Å²) in [6.45, 7) is 4.32. The van der Waals surface area contributed by atoms with Crippen LogP contribution in [0.4, 0.5) is 0 Å². The van der Waals surface area contributed by atoms with Gasteiger partial charge in [-0.05, 0) is 12.1 Å². The Morgan fingerprint density at radius 1 is 0.824 bits per heavy atom. The number of para-hydroxylation sites is 1. The summed E-state index contributed by atoms with van der Waals surface area (Å²) >= 11 is 0. The van der Waals surface area contributed by atoms with Crippen molar-refractivity contribution in [2.45, 2.75) is 58.4 Å². The number of fused-ring (bicyclic) bond motifs is 1. The Kier molecular flexibility index (Phi) is 8.00. The van der Waals surface area contributed by atoms with Crippen molar-refractivity contribution in [1.82, 2.24) is 4.98 Å². The molecule has 11 nitrogen and oxygen atoms in total. The Bertz CT molecular complexity index is 1070. The predicted octanol–water partition coefficient (Wildman–Crippen LogP) is 1.70. The summed E-state index contributed by atoms with van der Waals surface area (Å²) in [6.07, 6.45) is -4.73. The normalized spacial score (nSPS) is 24.1. The van der Waals surface area contributed by atoms with Crippen LogP contribution < -0.4 is 4.74 Å². The van der Waals surface area contributed by atoms with Crippen molar-refractivity contribution < 1.29 is 47.6 Å². The van der Waals surface area contributed by atoms with Crippen LogP contribution in [0.1, 0.15) is 27.7 Å². The molecule has 5 atom stereocenters. The summed E-state index contributed by atoms with van der Waals surface area (Å²) in [5.74, 6) is -2.45. The predicted molar refractivity (Wildman–Crippen MR) is 114 cm³/mol. The van der Waals surface area contributed by atoms with E-state index in [0.717, 1.165) is 26.2 Å². The minimum atomic E-state index is -1.33. The molecule has 11 heteroatoms. The highest BCUT2D eigenvalue weighted by Gasteiger charge is 2.53. The lowest BCUT2D eigenvalue weighted by Crippen LogP contribution is -2.63. The second-order valence-electron chi connectivity index (χ2n) is 7.52. The van der Waals surface area contributed by atoms with Gasteiger partial charge in [-0.25, -0.2) is 0 Å². The van der Waals surface area contributed by atoms with Gasteiger partial charge in [0.25, 0.3) is 0 Å². The first-order chi connectivity index (χ1) is 16.2. The third-order valence-electron chi connectivity index (χ3n) is 4.79. The zero-order valence-corrected chi connectivity index (χ0v) is 19.1. The lowest BCUT2D eigenvalue weighted by atomic mass is 9.98. The fraction of sp³-hybridized carbons (Fsp3) is 0.435. The molecule has 0 amide bonds. The van der Waals surface area contributed by atoms with Gasteiger partial charge < -0.3 is 28.4 Å². The Labute approximate surface area is 195 Å². The molecule has 1 aromatic heterocycles. The Balaban J connectivity index is 2.03. The fourth-order valence-electron chi connectivity index (χ4n) is 3.58. The van der Waals surface area contributed by atoms with E-state index in [-0.39, 0.29) is 6.61 Å². The van der Waals surface area contributed by atoms with Gasteiger partial charge in [-0.3, -0.25) is 24.2 Å². The number of nitrogens with zero attached hydrogens (tertiary/aromatic N) is 1. The van der Waals surface area contributed by atoms with Crippen molar-refractivity contribution in [3.05, 3.63) is 36.5 Å². The number of pyridine rings is 1. The number of ether oxygens (including phenoxy) is 6. The highest BCUT2D eigenvalue weighted by Crippen LogP contribution is 2.32. The van der Waals surface area contributed by atoms with Gasteiger partial charge in [-0.1, -0.05) is 18.2 Å². The van der Waals surface area contributed by atoms with Gasteiger partial charge >= 0.3 is 23.9 Å². The molecule has 0 N–H and O–H groups in total. The van der Waals surface area contributed by atoms with E-state index in [1.807, 2.05) is 12.1 Å². The highest BCUT2D eigenvalue weighted by atomic mass is 16.7. The number of esters is 4. The first-order valence-electron chi connectivity index (χ1n) is 10.5. The van der Waals surface area contributed by atoms with Crippen molar-refractivity contribution in [1.29, 1.82) is 0 Å². The number of carbonyl (C=O) groups is 4. The lowest BCUT2D eigenvalue weighted by Gasteiger charge is -2.43. The SMILES string of the molecule is CC(=O)OC[C@@H]1OC(Oc2cccc3cccnc23)[C@@H](OC(C)=O)[C@H](OC(C)=O)[C@H]1OC(C)=O. The minimum absolute atomic E-state index is 0.305. The molecule has 0 aliphatic carbocycles. The molecule has 0 bridgehead atoms. The van der Waals surface area contributed by atoms with Crippen molar-refractivity contribution in [2.75, 3.05) is 6.61 Å². The second-order valence-corrected chi connectivity index (χ2v) is 7.52. The van der Waals surface area contributed by atoms with E-state index in [9.17, 15) is 19.2 Å². The maximum absolute atomic E-state index is 11.9. The smallest absolute Gasteiger partial charge is 0.303 e. The van der Waals surface area contributed by atoms with Gasteiger partial charge in [0.1, 0.15) is 24.0 Å². The van der Waals surface area contributed by atoms with E-state index < -0.39 is 54.6 Å². The van der Waals surface area contributed by atoms with E-state index in [1.165, 1.54) is 6.92 Å². The van der Waals surface area contributed by atoms with Crippen molar-refractivity contribution in [2.24, 2.45) is 0 Å². The fourth-order valence-corrected chi connectivity index (χ4v) is 3.58. The summed E-state index contributed by atoms with van der Waals surface area (Å²) in [5, 5.41) is 0.783. The van der Waals surface area contributed by atoms with Crippen LogP contribution >= 0.6 is 0 Å². The molecule has 1 unspecified atom stereocenters. The summed E-state index contributed by atoms with van der Waals surface area (Å²) in [5.41, 5.74) is 0.512. The van der Waals surface area contributed by atoms with Crippen molar-refractivity contribution in [3.63, 3.8) is 0 Å². The van der Waals surface area contributed by atoms with Crippen LogP contribution in [-0.4, -0.2) is 66.2 Å². The number of hydrogen-bond donors (Lipinski definition) is 0. The number of carbonyl (C=O) groups excluding carboxylic acids is 4. The zero-order chi connectivity index (χ0) is 24.8. The summed E-state index contributed by atoms with van der Waals surface area (Å²) in [4.78, 5) is 51.4. The molecule has 0 radical (unpaired) electrons. The minimum Gasteiger partial charge on any atom is -0.463 e. The number of hydrogen-bond acceptors (Lipinski definition) is 11. The molecule has 1 fully saturated rings. The molecule has 182 valence electrons. The first-order valence-corrected chi connectivity index (χ1v) is 10.5. The largest absolute Gasteiger partial charge is 0.463 e. The highest BCUT2D eigenvalue weighted by molar-refractivity contribution is 5.84. The van der Waals surface area contributed by atoms with Gasteiger partial charge in [0.2, 0.25) is 12.4 Å². The molecular formula is C23H25NO10. The summed E-state index contributed by atoms with van der Waals surface area (Å²) < 4.78 is 33.2. The van der Waals surface area contributed by atoms with Gasteiger partial charge in [-0.2, -0.15) is 0 Å². The molecule has 1 aliphatic rings. The standard InChI is InChI=1S/C23H25NO10/c1-12(25)29-11-18-20(30-13(2)26)21(31-14(3)27)22(32-15(4)28)23(34-18)33-17-9-5-7-16-8-6-10-24-19(16)17/h5-10,18,20-23H,11H2,1-4H3/t18-,20-,21+,22-,23?/m0/s1. The average Bonchev–Trinajstić information content (AvgIpc) is 2.75. The van der Waals surface area contributed by atoms with E-state index in [4.69, 9.17) is 28.4 Å². The van der Waals surface area contributed by atoms with Crippen LogP contribution in [0, 0.1) is 0 Å². The van der Waals surface area contributed by atoms with Crippen LogP contribution in [0.15, 0.2) is 36.5 Å². The Hall–Kier alpha value is -3.73. The average molecular weight is 475 g/mol. The van der Waals surface area contributed by atoms with E-state index >= 15 is 0 Å².